The van der Waals surface area contributed by atoms with Crippen LogP contribution in [0.4, 0.5) is 17.1 Å². The van der Waals surface area contributed by atoms with E-state index in [0.717, 1.165) is 39.3 Å². The lowest BCUT2D eigenvalue weighted by molar-refractivity contribution is -0.133. The standard InChI is InChI=1S/C33H34N4O5/c1-33(2)32(39)37(3)31-25(20-35-26-10-6-7-11-28(26)40-4)23(14-15-27(31)36-33)24-13-12-22(18-29(24)41-5)42-30(38)17-21-9-8-16-34-19-21/h6-16,18-19,35-36H,17,20H2,1-5H3. The molecule has 0 atom stereocenters. The van der Waals surface area contributed by atoms with Crippen molar-refractivity contribution in [1.82, 2.24) is 4.98 Å². The van der Waals surface area contributed by atoms with E-state index >= 15 is 0 Å². The molecule has 0 fully saturated rings. The van der Waals surface area contributed by atoms with E-state index in [0.29, 0.717) is 23.8 Å². The number of para-hydroxylation sites is 2. The molecule has 42 heavy (non-hydrogen) atoms. The van der Waals surface area contributed by atoms with Gasteiger partial charge in [-0.3, -0.25) is 14.6 Å². The average molecular weight is 567 g/mol. The Morgan fingerprint density at radius 1 is 0.976 bits per heavy atom. The number of anilines is 3. The maximum Gasteiger partial charge on any atom is 0.315 e. The summed E-state index contributed by atoms with van der Waals surface area (Å²) in [6.45, 7) is 4.13. The van der Waals surface area contributed by atoms with Crippen LogP contribution >= 0.6 is 0 Å². The first-order valence-corrected chi connectivity index (χ1v) is 13.6. The highest BCUT2D eigenvalue weighted by Gasteiger charge is 2.38. The van der Waals surface area contributed by atoms with Gasteiger partial charge in [0.15, 0.2) is 0 Å². The highest BCUT2D eigenvalue weighted by atomic mass is 16.5. The van der Waals surface area contributed by atoms with Gasteiger partial charge in [0, 0.05) is 43.2 Å². The molecule has 9 nitrogen and oxygen atoms in total. The van der Waals surface area contributed by atoms with Crippen molar-refractivity contribution in [1.29, 1.82) is 0 Å². The maximum absolute atomic E-state index is 13.3. The number of rotatable bonds is 9. The molecule has 1 aromatic heterocycles. The van der Waals surface area contributed by atoms with Crippen molar-refractivity contribution in [3.8, 4) is 28.4 Å². The van der Waals surface area contributed by atoms with Crippen molar-refractivity contribution >= 4 is 28.9 Å². The number of carbonyl (C=O) groups excluding carboxylic acids is 2. The number of nitrogens with zero attached hydrogens (tertiary/aromatic N) is 2. The zero-order valence-electron chi connectivity index (χ0n) is 24.4. The van der Waals surface area contributed by atoms with E-state index in [2.05, 4.69) is 15.6 Å². The number of pyridine rings is 1. The van der Waals surface area contributed by atoms with Crippen LogP contribution in [0.5, 0.6) is 17.2 Å². The summed E-state index contributed by atoms with van der Waals surface area (Å²) < 4.78 is 16.9. The summed E-state index contributed by atoms with van der Waals surface area (Å²) in [4.78, 5) is 31.7. The van der Waals surface area contributed by atoms with Gasteiger partial charge in [-0.1, -0.05) is 24.3 Å². The number of methoxy groups -OCH3 is 2. The number of carbonyl (C=O) groups is 2. The molecule has 1 aliphatic rings. The summed E-state index contributed by atoms with van der Waals surface area (Å²) >= 11 is 0. The van der Waals surface area contributed by atoms with Crippen molar-refractivity contribution in [2.45, 2.75) is 32.4 Å². The molecule has 2 N–H and O–H groups in total. The molecule has 0 spiro atoms. The lowest BCUT2D eigenvalue weighted by Crippen LogP contribution is -2.52. The molecular weight excluding hydrogens is 532 g/mol. The van der Waals surface area contributed by atoms with E-state index in [1.165, 1.54) is 0 Å². The minimum Gasteiger partial charge on any atom is -0.496 e. The van der Waals surface area contributed by atoms with Gasteiger partial charge < -0.3 is 29.7 Å². The van der Waals surface area contributed by atoms with Crippen molar-refractivity contribution in [2.75, 3.05) is 36.8 Å². The van der Waals surface area contributed by atoms with Gasteiger partial charge in [-0.05, 0) is 61.4 Å². The molecule has 0 aliphatic carbocycles. The predicted octanol–water partition coefficient (Wildman–Crippen LogP) is 5.69. The van der Waals surface area contributed by atoms with Crippen LogP contribution in [0.2, 0.25) is 0 Å². The van der Waals surface area contributed by atoms with E-state index in [1.54, 1.807) is 56.8 Å². The monoisotopic (exact) mass is 566 g/mol. The van der Waals surface area contributed by atoms with Crippen LogP contribution in [0.25, 0.3) is 11.1 Å². The third kappa shape index (κ3) is 5.72. The number of hydrogen-bond donors (Lipinski definition) is 2. The zero-order chi connectivity index (χ0) is 29.9. The molecule has 2 heterocycles. The zero-order valence-corrected chi connectivity index (χ0v) is 24.4. The largest absolute Gasteiger partial charge is 0.496 e. The number of amides is 1. The number of fused-ring (bicyclic) bond motifs is 1. The summed E-state index contributed by atoms with van der Waals surface area (Å²) in [6.07, 6.45) is 3.40. The summed E-state index contributed by atoms with van der Waals surface area (Å²) in [5.74, 6) is 1.16. The summed E-state index contributed by atoms with van der Waals surface area (Å²) in [5, 5.41) is 6.89. The van der Waals surface area contributed by atoms with Crippen molar-refractivity contribution in [2.24, 2.45) is 0 Å². The van der Waals surface area contributed by atoms with Gasteiger partial charge in [0.05, 0.1) is 37.7 Å². The fourth-order valence-corrected chi connectivity index (χ4v) is 5.23. The number of likely N-dealkylation sites (N-methyl/N-ethyl adjacent to an activating group) is 1. The lowest BCUT2D eigenvalue weighted by atomic mass is 9.91. The number of nitrogens with one attached hydrogen (secondary N) is 2. The number of hydrogen-bond acceptors (Lipinski definition) is 8. The normalized spacial score (nSPS) is 13.5. The molecule has 9 heteroatoms. The van der Waals surface area contributed by atoms with E-state index in [1.807, 2.05) is 62.4 Å². The van der Waals surface area contributed by atoms with E-state index in [-0.39, 0.29) is 12.3 Å². The van der Waals surface area contributed by atoms with Crippen molar-refractivity contribution < 1.29 is 23.8 Å². The Bertz CT molecular complexity index is 1620. The first-order chi connectivity index (χ1) is 20.2. The number of ether oxygens (including phenoxy) is 3. The van der Waals surface area contributed by atoms with Crippen molar-refractivity contribution in [3.63, 3.8) is 0 Å². The van der Waals surface area contributed by atoms with Crippen LogP contribution in [0, 0.1) is 0 Å². The van der Waals surface area contributed by atoms with Gasteiger partial charge in [0.25, 0.3) is 5.91 Å². The Morgan fingerprint density at radius 2 is 1.74 bits per heavy atom. The smallest absolute Gasteiger partial charge is 0.315 e. The molecule has 216 valence electrons. The molecule has 0 radical (unpaired) electrons. The molecule has 0 unspecified atom stereocenters. The molecule has 4 aromatic rings. The van der Waals surface area contributed by atoms with Gasteiger partial charge in [0.1, 0.15) is 22.8 Å². The highest BCUT2D eigenvalue weighted by molar-refractivity contribution is 6.09. The number of benzene rings is 3. The molecule has 0 bridgehead atoms. The minimum atomic E-state index is -0.754. The second-order valence-electron chi connectivity index (χ2n) is 10.5. The quantitative estimate of drug-likeness (QED) is 0.197. The van der Waals surface area contributed by atoms with E-state index in [9.17, 15) is 9.59 Å². The van der Waals surface area contributed by atoms with Gasteiger partial charge in [-0.2, -0.15) is 0 Å². The van der Waals surface area contributed by atoms with Crippen LogP contribution in [-0.4, -0.2) is 43.7 Å². The van der Waals surface area contributed by atoms with Crippen LogP contribution < -0.4 is 29.7 Å². The molecular formula is C33H34N4O5. The van der Waals surface area contributed by atoms with Crippen LogP contribution in [0.1, 0.15) is 25.0 Å². The molecule has 3 aromatic carbocycles. The van der Waals surface area contributed by atoms with Gasteiger partial charge in [-0.25, -0.2) is 0 Å². The topological polar surface area (TPSA) is 102 Å². The van der Waals surface area contributed by atoms with Gasteiger partial charge in [0.2, 0.25) is 0 Å². The van der Waals surface area contributed by atoms with Crippen LogP contribution in [0.3, 0.4) is 0 Å². The first kappa shape index (κ1) is 28.5. The second kappa shape index (κ2) is 11.8. The number of esters is 1. The Balaban J connectivity index is 1.53. The van der Waals surface area contributed by atoms with E-state index < -0.39 is 11.5 Å². The first-order valence-electron chi connectivity index (χ1n) is 13.6. The lowest BCUT2D eigenvalue weighted by Gasteiger charge is -2.40. The molecule has 1 amide bonds. The summed E-state index contributed by atoms with van der Waals surface area (Å²) in [7, 11) is 5.00. The highest BCUT2D eigenvalue weighted by Crippen LogP contribution is 2.45. The maximum atomic E-state index is 13.3. The Kier molecular flexibility index (Phi) is 8.01. The average Bonchev–Trinajstić information content (AvgIpc) is 2.99. The molecule has 5 rings (SSSR count). The Labute approximate surface area is 245 Å². The molecule has 0 saturated carbocycles. The van der Waals surface area contributed by atoms with E-state index in [4.69, 9.17) is 14.2 Å². The Hall–Kier alpha value is -5.05. The molecule has 1 aliphatic heterocycles. The fourth-order valence-electron chi connectivity index (χ4n) is 5.23. The van der Waals surface area contributed by atoms with Crippen LogP contribution in [-0.2, 0) is 22.6 Å². The third-order valence-corrected chi connectivity index (χ3v) is 7.23. The van der Waals surface area contributed by atoms with Crippen molar-refractivity contribution in [3.05, 3.63) is 90.3 Å². The van der Waals surface area contributed by atoms with Gasteiger partial charge in [-0.15, -0.1) is 0 Å². The summed E-state index contributed by atoms with van der Waals surface area (Å²) in [6, 6.07) is 20.6. The van der Waals surface area contributed by atoms with Crippen LogP contribution in [0.15, 0.2) is 79.1 Å². The third-order valence-electron chi connectivity index (χ3n) is 7.23. The summed E-state index contributed by atoms with van der Waals surface area (Å²) in [5.41, 5.74) is 4.99. The predicted molar refractivity (Wildman–Crippen MR) is 163 cm³/mol. The number of aromatic nitrogens is 1. The second-order valence-corrected chi connectivity index (χ2v) is 10.5. The Morgan fingerprint density at radius 3 is 2.48 bits per heavy atom. The SMILES string of the molecule is COc1ccccc1NCc1c(-c2ccc(OC(=O)Cc3cccnc3)cc2OC)ccc2c1N(C)C(=O)C(C)(C)N2. The molecule has 0 saturated heterocycles. The van der Waals surface area contributed by atoms with Gasteiger partial charge >= 0.3 is 5.97 Å². The minimum absolute atomic E-state index is 0.0477. The fraction of sp³-hybridized carbons (Fsp3) is 0.242.